The summed E-state index contributed by atoms with van der Waals surface area (Å²) < 4.78 is 0. The van der Waals surface area contributed by atoms with Crippen LogP contribution in [0, 0.1) is 40.4 Å². The average molecular weight is 321 g/mol. The van der Waals surface area contributed by atoms with E-state index in [1.807, 2.05) is 0 Å². The second-order valence-electron chi connectivity index (χ2n) is 11.2. The van der Waals surface area contributed by atoms with Crippen LogP contribution in [-0.4, -0.2) is 0 Å². The first kappa shape index (κ1) is 19.3. The van der Waals surface area contributed by atoms with Gasteiger partial charge in [-0.2, -0.15) is 0 Å². The van der Waals surface area contributed by atoms with Gasteiger partial charge in [-0.05, 0) is 72.5 Å². The lowest BCUT2D eigenvalue weighted by molar-refractivity contribution is 0.0180. The Bertz CT molecular complexity index is 323. The minimum absolute atomic E-state index is 0.488. The van der Waals surface area contributed by atoms with Crippen molar-refractivity contribution in [3.05, 3.63) is 0 Å². The normalized spacial score (nSPS) is 36.9. The molecule has 0 spiro atoms. The lowest BCUT2D eigenvalue weighted by atomic mass is 9.57. The molecule has 0 heterocycles. The zero-order valence-corrected chi connectivity index (χ0v) is 17.3. The van der Waals surface area contributed by atoms with Crippen molar-refractivity contribution < 1.29 is 0 Å². The highest BCUT2D eigenvalue weighted by Crippen LogP contribution is 2.52. The molecule has 23 heavy (non-hydrogen) atoms. The predicted octanol–water partition coefficient (Wildman–Crippen LogP) is 7.72. The summed E-state index contributed by atoms with van der Waals surface area (Å²) in [5.41, 5.74) is 0.975. The largest absolute Gasteiger partial charge is 0.0654 e. The number of hydrogen-bond donors (Lipinski definition) is 0. The highest BCUT2D eigenvalue weighted by atomic mass is 14.5. The van der Waals surface area contributed by atoms with Gasteiger partial charge >= 0.3 is 0 Å². The van der Waals surface area contributed by atoms with Gasteiger partial charge in [-0.3, -0.25) is 0 Å². The zero-order chi connectivity index (χ0) is 17.3. The van der Waals surface area contributed by atoms with Gasteiger partial charge < -0.3 is 0 Å². The average Bonchev–Trinajstić information content (AvgIpc) is 2.46. The lowest BCUT2D eigenvalue weighted by Gasteiger charge is -2.48. The van der Waals surface area contributed by atoms with E-state index in [1.165, 1.54) is 57.8 Å². The van der Waals surface area contributed by atoms with E-state index in [-0.39, 0.29) is 0 Å². The molecule has 0 aromatic carbocycles. The molecule has 2 atom stereocenters. The van der Waals surface area contributed by atoms with Crippen molar-refractivity contribution in [1.29, 1.82) is 0 Å². The van der Waals surface area contributed by atoms with Crippen LogP contribution in [0.4, 0.5) is 0 Å². The van der Waals surface area contributed by atoms with Gasteiger partial charge in [-0.1, -0.05) is 74.1 Å². The van der Waals surface area contributed by atoms with E-state index in [1.54, 1.807) is 0 Å². The molecule has 0 heteroatoms. The minimum atomic E-state index is 0.488. The first-order chi connectivity index (χ1) is 10.6. The van der Waals surface area contributed by atoms with Crippen LogP contribution in [0.15, 0.2) is 0 Å². The summed E-state index contributed by atoms with van der Waals surface area (Å²) in [5.74, 6) is 4.97. The Morgan fingerprint density at radius 2 is 1.13 bits per heavy atom. The van der Waals surface area contributed by atoms with Crippen LogP contribution in [0.2, 0.25) is 0 Å². The van der Waals surface area contributed by atoms with E-state index in [4.69, 9.17) is 0 Å². The van der Waals surface area contributed by atoms with Gasteiger partial charge in [0, 0.05) is 0 Å². The third-order valence-corrected chi connectivity index (χ3v) is 7.45. The van der Waals surface area contributed by atoms with E-state index >= 15 is 0 Å². The fourth-order valence-electron chi connectivity index (χ4n) is 5.52. The van der Waals surface area contributed by atoms with Crippen molar-refractivity contribution in [3.63, 3.8) is 0 Å². The molecule has 0 saturated heterocycles. The van der Waals surface area contributed by atoms with Crippen molar-refractivity contribution in [2.75, 3.05) is 0 Å². The Balaban J connectivity index is 2.02. The van der Waals surface area contributed by atoms with Crippen molar-refractivity contribution in [2.24, 2.45) is 40.4 Å². The molecular weight excluding hydrogens is 276 g/mol. The smallest absolute Gasteiger partial charge is 0.0354 e. The van der Waals surface area contributed by atoms with Crippen LogP contribution >= 0.6 is 0 Å². The molecule has 2 rings (SSSR count). The van der Waals surface area contributed by atoms with Crippen LogP contribution in [0.3, 0.4) is 0 Å². The van der Waals surface area contributed by atoms with E-state index in [0.29, 0.717) is 10.8 Å². The summed E-state index contributed by atoms with van der Waals surface area (Å²) in [6, 6.07) is 0. The fraction of sp³-hybridized carbons (Fsp3) is 1.00. The van der Waals surface area contributed by atoms with E-state index in [9.17, 15) is 0 Å². The molecule has 0 aromatic rings. The summed E-state index contributed by atoms with van der Waals surface area (Å²) in [6.07, 6.45) is 13.5. The summed E-state index contributed by atoms with van der Waals surface area (Å²) in [4.78, 5) is 0. The molecule has 0 N–H and O–H groups in total. The summed E-state index contributed by atoms with van der Waals surface area (Å²) in [7, 11) is 0. The second-order valence-corrected chi connectivity index (χ2v) is 11.2. The Labute approximate surface area is 147 Å². The monoisotopic (exact) mass is 320 g/mol. The van der Waals surface area contributed by atoms with Gasteiger partial charge in [-0.25, -0.2) is 0 Å². The summed E-state index contributed by atoms with van der Waals surface area (Å²) >= 11 is 0. The molecule has 2 aliphatic rings. The highest BCUT2D eigenvalue weighted by Gasteiger charge is 2.42. The van der Waals surface area contributed by atoms with Crippen LogP contribution in [0.5, 0.6) is 0 Å². The molecule has 0 radical (unpaired) electrons. The quantitative estimate of drug-likeness (QED) is 0.499. The number of hydrogen-bond acceptors (Lipinski definition) is 0. The topological polar surface area (TPSA) is 0 Å². The molecule has 0 amide bonds. The third kappa shape index (κ3) is 5.23. The van der Waals surface area contributed by atoms with Crippen molar-refractivity contribution in [1.82, 2.24) is 0 Å². The van der Waals surface area contributed by atoms with Crippen molar-refractivity contribution in [3.8, 4) is 0 Å². The Kier molecular flexibility index (Phi) is 6.29. The molecule has 0 aromatic heterocycles. The standard InChI is InChI=1S/C23H44/c1-8-9-17-10-12-18(13-11-17)19-14-20(22(2,3)4)16-21(15-19)23(5,6)7/h17-21H,8-16H2,1-7H3. The predicted molar refractivity (Wildman–Crippen MR) is 104 cm³/mol. The Hall–Kier alpha value is 0. The summed E-state index contributed by atoms with van der Waals surface area (Å²) in [6.45, 7) is 17.3. The first-order valence-corrected chi connectivity index (χ1v) is 10.6. The molecule has 136 valence electrons. The second kappa shape index (κ2) is 7.49. The van der Waals surface area contributed by atoms with Gasteiger partial charge in [0.15, 0.2) is 0 Å². The van der Waals surface area contributed by atoms with E-state index in [0.717, 1.165) is 29.6 Å². The minimum Gasteiger partial charge on any atom is -0.0654 e. The molecule has 2 fully saturated rings. The van der Waals surface area contributed by atoms with Crippen LogP contribution < -0.4 is 0 Å². The van der Waals surface area contributed by atoms with Crippen LogP contribution in [0.25, 0.3) is 0 Å². The van der Waals surface area contributed by atoms with Gasteiger partial charge in [-0.15, -0.1) is 0 Å². The number of rotatable bonds is 3. The maximum absolute atomic E-state index is 2.48. The molecular formula is C23H44. The summed E-state index contributed by atoms with van der Waals surface area (Å²) in [5, 5.41) is 0. The van der Waals surface area contributed by atoms with E-state index in [2.05, 4.69) is 48.5 Å². The van der Waals surface area contributed by atoms with Gasteiger partial charge in [0.1, 0.15) is 0 Å². The van der Waals surface area contributed by atoms with Crippen LogP contribution in [-0.2, 0) is 0 Å². The van der Waals surface area contributed by atoms with E-state index < -0.39 is 0 Å². The highest BCUT2D eigenvalue weighted by molar-refractivity contribution is 4.92. The van der Waals surface area contributed by atoms with Gasteiger partial charge in [0.05, 0.1) is 0 Å². The molecule has 2 saturated carbocycles. The molecule has 2 aliphatic carbocycles. The van der Waals surface area contributed by atoms with Crippen molar-refractivity contribution in [2.45, 2.75) is 106 Å². The van der Waals surface area contributed by atoms with Gasteiger partial charge in [0.25, 0.3) is 0 Å². The first-order valence-electron chi connectivity index (χ1n) is 10.6. The fourth-order valence-corrected chi connectivity index (χ4v) is 5.52. The molecule has 2 unspecified atom stereocenters. The Morgan fingerprint density at radius 3 is 1.52 bits per heavy atom. The molecule has 0 bridgehead atoms. The third-order valence-electron chi connectivity index (χ3n) is 7.45. The molecule has 0 nitrogen and oxygen atoms in total. The SMILES string of the molecule is CCCC1CCC(C2CC(C(C)(C)C)CC(C(C)(C)C)C2)CC1. The van der Waals surface area contributed by atoms with Crippen LogP contribution in [0.1, 0.15) is 106 Å². The van der Waals surface area contributed by atoms with Crippen molar-refractivity contribution >= 4 is 0 Å². The maximum atomic E-state index is 2.48. The maximum Gasteiger partial charge on any atom is -0.0354 e. The zero-order valence-electron chi connectivity index (χ0n) is 17.3. The Morgan fingerprint density at radius 1 is 0.652 bits per heavy atom. The lowest BCUT2D eigenvalue weighted by Crippen LogP contribution is -2.39. The van der Waals surface area contributed by atoms with Gasteiger partial charge in [0.2, 0.25) is 0 Å². The molecule has 0 aliphatic heterocycles.